The third kappa shape index (κ3) is 2.83. The molecule has 2 rings (SSSR count). The molecule has 0 aliphatic rings. The van der Waals surface area contributed by atoms with Crippen molar-refractivity contribution < 1.29 is 13.0 Å². The lowest BCUT2D eigenvalue weighted by atomic mass is 10.1. The predicted molar refractivity (Wildman–Crippen MR) is 72.0 cm³/mol. The van der Waals surface area contributed by atoms with Crippen LogP contribution < -0.4 is 5.73 Å². The summed E-state index contributed by atoms with van der Waals surface area (Å²) in [5.41, 5.74) is 5.70. The maximum Gasteiger partial charge on any atom is 0.145 e. The van der Waals surface area contributed by atoms with Crippen LogP contribution in [0.1, 0.15) is 11.1 Å². The largest absolute Gasteiger partial charge is 0.398 e. The number of nitrogens with zero attached hydrogens (tertiary/aromatic N) is 1. The van der Waals surface area contributed by atoms with Gasteiger partial charge >= 0.3 is 0 Å². The van der Waals surface area contributed by atoms with Crippen LogP contribution in [0.25, 0.3) is 0 Å². The van der Waals surface area contributed by atoms with E-state index in [9.17, 15) is 13.0 Å². The van der Waals surface area contributed by atoms with Crippen molar-refractivity contribution in [2.24, 2.45) is 0 Å². The first-order chi connectivity index (χ1) is 9.52. The van der Waals surface area contributed by atoms with Crippen LogP contribution in [0.4, 0.5) is 14.5 Å². The summed E-state index contributed by atoms with van der Waals surface area (Å²) in [5.74, 6) is -1.35. The van der Waals surface area contributed by atoms with Crippen LogP contribution in [-0.2, 0) is 16.6 Å². The fraction of sp³-hybridized carbons (Fsp3) is 0.0714. The minimum Gasteiger partial charge on any atom is -0.398 e. The van der Waals surface area contributed by atoms with Crippen molar-refractivity contribution in [2.75, 3.05) is 5.73 Å². The van der Waals surface area contributed by atoms with Gasteiger partial charge in [0.05, 0.1) is 32.7 Å². The summed E-state index contributed by atoms with van der Waals surface area (Å²) >= 11 is 0. The Morgan fingerprint density at radius 2 is 2.00 bits per heavy atom. The Morgan fingerprint density at radius 3 is 2.65 bits per heavy atom. The highest BCUT2D eigenvalue weighted by Gasteiger charge is 2.14. The van der Waals surface area contributed by atoms with Crippen LogP contribution in [-0.4, -0.2) is 4.21 Å². The lowest BCUT2D eigenvalue weighted by Crippen LogP contribution is -2.03. The van der Waals surface area contributed by atoms with E-state index in [4.69, 9.17) is 11.0 Å². The van der Waals surface area contributed by atoms with Gasteiger partial charge < -0.3 is 5.73 Å². The zero-order valence-corrected chi connectivity index (χ0v) is 11.1. The highest BCUT2D eigenvalue weighted by Crippen LogP contribution is 2.22. The molecule has 0 bridgehead atoms. The fourth-order valence-electron chi connectivity index (χ4n) is 1.72. The van der Waals surface area contributed by atoms with E-state index >= 15 is 0 Å². The van der Waals surface area contributed by atoms with Crippen LogP contribution in [0, 0.1) is 23.0 Å². The molecular weight excluding hydrogens is 282 g/mol. The molecule has 1 unspecified atom stereocenters. The smallest absolute Gasteiger partial charge is 0.145 e. The first-order valence-electron chi connectivity index (χ1n) is 5.64. The number of hydrogen-bond donors (Lipinski definition) is 1. The molecule has 0 saturated heterocycles. The van der Waals surface area contributed by atoms with Crippen molar-refractivity contribution in [3.63, 3.8) is 0 Å². The van der Waals surface area contributed by atoms with Gasteiger partial charge in [0.1, 0.15) is 17.7 Å². The normalized spacial score (nSPS) is 11.8. The molecule has 0 aromatic heterocycles. The predicted octanol–water partition coefficient (Wildman–Crippen LogP) is 2.73. The third-order valence-electron chi connectivity index (χ3n) is 2.70. The minimum atomic E-state index is -1.62. The molecule has 0 spiro atoms. The van der Waals surface area contributed by atoms with E-state index in [1.54, 1.807) is 6.07 Å². The van der Waals surface area contributed by atoms with E-state index in [-0.39, 0.29) is 27.5 Å². The second-order valence-corrected chi connectivity index (χ2v) is 5.48. The summed E-state index contributed by atoms with van der Waals surface area (Å²) in [6, 6.07) is 9.55. The van der Waals surface area contributed by atoms with E-state index in [0.29, 0.717) is 0 Å². The molecule has 20 heavy (non-hydrogen) atoms. The standard InChI is InChI=1S/C14H10F2N2OS/c15-11-4-5-13(12(18)6-11)20(19)8-10-3-1-2-9(7-17)14(10)16/h1-6H,8,18H2. The van der Waals surface area contributed by atoms with Gasteiger partial charge in [-0.25, -0.2) is 8.78 Å². The van der Waals surface area contributed by atoms with Gasteiger partial charge in [0, 0.05) is 5.56 Å². The van der Waals surface area contributed by atoms with Crippen LogP contribution in [0.15, 0.2) is 41.3 Å². The molecule has 0 radical (unpaired) electrons. The maximum atomic E-state index is 13.9. The molecule has 2 aromatic rings. The van der Waals surface area contributed by atoms with Gasteiger partial charge in [-0.05, 0) is 24.3 Å². The van der Waals surface area contributed by atoms with E-state index in [1.807, 2.05) is 0 Å². The second kappa shape index (κ2) is 5.80. The van der Waals surface area contributed by atoms with E-state index < -0.39 is 22.4 Å². The number of benzene rings is 2. The summed E-state index contributed by atoms with van der Waals surface area (Å²) in [6.45, 7) is 0. The van der Waals surface area contributed by atoms with Crippen molar-refractivity contribution in [3.8, 4) is 6.07 Å². The van der Waals surface area contributed by atoms with Gasteiger partial charge in [0.2, 0.25) is 0 Å². The average molecular weight is 292 g/mol. The molecule has 3 nitrogen and oxygen atoms in total. The first kappa shape index (κ1) is 14.2. The molecule has 6 heteroatoms. The van der Waals surface area contributed by atoms with E-state index in [1.165, 1.54) is 24.3 Å². The number of nitriles is 1. The molecule has 0 saturated carbocycles. The summed E-state index contributed by atoms with van der Waals surface area (Å²) in [4.78, 5) is 0.244. The number of halogens is 2. The summed E-state index contributed by atoms with van der Waals surface area (Å²) in [6.07, 6.45) is 0. The van der Waals surface area contributed by atoms with Crippen LogP contribution in [0.2, 0.25) is 0 Å². The quantitative estimate of drug-likeness (QED) is 0.884. The Kier molecular flexibility index (Phi) is 4.11. The monoisotopic (exact) mass is 292 g/mol. The Morgan fingerprint density at radius 1 is 1.25 bits per heavy atom. The lowest BCUT2D eigenvalue weighted by Gasteiger charge is -2.07. The van der Waals surface area contributed by atoms with Crippen molar-refractivity contribution in [2.45, 2.75) is 10.6 Å². The highest BCUT2D eigenvalue weighted by molar-refractivity contribution is 7.84. The number of nitrogen functional groups attached to an aromatic ring is 1. The molecule has 2 aromatic carbocycles. The van der Waals surface area contributed by atoms with Crippen LogP contribution >= 0.6 is 0 Å². The minimum absolute atomic E-state index is 0.0557. The molecule has 0 aliphatic carbocycles. The van der Waals surface area contributed by atoms with E-state index in [0.717, 1.165) is 12.1 Å². The van der Waals surface area contributed by atoms with Gasteiger partial charge in [0.25, 0.3) is 0 Å². The molecule has 0 fully saturated rings. The Bertz CT molecular complexity index is 726. The molecule has 2 N–H and O–H groups in total. The lowest BCUT2D eigenvalue weighted by molar-refractivity contribution is 0.611. The number of rotatable bonds is 3. The second-order valence-electron chi connectivity index (χ2n) is 4.06. The van der Waals surface area contributed by atoms with Crippen LogP contribution in [0.3, 0.4) is 0 Å². The first-order valence-corrected chi connectivity index (χ1v) is 6.95. The summed E-state index contributed by atoms with van der Waals surface area (Å²) in [7, 11) is -1.62. The van der Waals surface area contributed by atoms with E-state index in [2.05, 4.69) is 0 Å². The summed E-state index contributed by atoms with van der Waals surface area (Å²) < 4.78 is 38.9. The summed E-state index contributed by atoms with van der Waals surface area (Å²) in [5, 5.41) is 8.74. The molecular formula is C14H10F2N2OS. The number of anilines is 1. The Labute approximate surface area is 117 Å². The number of nitrogens with two attached hydrogens (primary N) is 1. The highest BCUT2D eigenvalue weighted by atomic mass is 32.2. The zero-order valence-electron chi connectivity index (χ0n) is 10.3. The maximum absolute atomic E-state index is 13.9. The Hall–Kier alpha value is -2.26. The molecule has 0 heterocycles. The molecule has 0 aliphatic heterocycles. The molecule has 1 atom stereocenters. The van der Waals surface area contributed by atoms with Crippen LogP contribution in [0.5, 0.6) is 0 Å². The number of hydrogen-bond acceptors (Lipinski definition) is 3. The van der Waals surface area contributed by atoms with Gasteiger partial charge in [-0.2, -0.15) is 5.26 Å². The fourth-order valence-corrected chi connectivity index (χ4v) is 2.93. The Balaban J connectivity index is 2.31. The van der Waals surface area contributed by atoms with Gasteiger partial charge in [-0.1, -0.05) is 12.1 Å². The zero-order chi connectivity index (χ0) is 14.7. The van der Waals surface area contributed by atoms with Gasteiger partial charge in [-0.3, -0.25) is 4.21 Å². The van der Waals surface area contributed by atoms with Crippen molar-refractivity contribution in [1.82, 2.24) is 0 Å². The van der Waals surface area contributed by atoms with Crippen molar-refractivity contribution in [1.29, 1.82) is 5.26 Å². The van der Waals surface area contributed by atoms with Gasteiger partial charge in [0.15, 0.2) is 0 Å². The average Bonchev–Trinajstić information content (AvgIpc) is 2.41. The molecule has 102 valence electrons. The van der Waals surface area contributed by atoms with Crippen molar-refractivity contribution in [3.05, 3.63) is 59.2 Å². The SMILES string of the molecule is N#Cc1cccc(CS(=O)c2ccc(F)cc2N)c1F. The van der Waals surface area contributed by atoms with Crippen molar-refractivity contribution >= 4 is 16.5 Å². The third-order valence-corrected chi connectivity index (χ3v) is 4.14. The topological polar surface area (TPSA) is 66.9 Å². The van der Waals surface area contributed by atoms with Gasteiger partial charge in [-0.15, -0.1) is 0 Å². The molecule has 0 amide bonds.